The van der Waals surface area contributed by atoms with E-state index < -0.39 is 29.4 Å². The van der Waals surface area contributed by atoms with Crippen molar-refractivity contribution in [2.24, 2.45) is 0 Å². The number of anilines is 1. The lowest BCUT2D eigenvalue weighted by atomic mass is 9.98. The molecule has 2 aliphatic heterocycles. The van der Waals surface area contributed by atoms with Crippen LogP contribution in [0.3, 0.4) is 0 Å². The summed E-state index contributed by atoms with van der Waals surface area (Å²) < 4.78 is 33.6. The van der Waals surface area contributed by atoms with Gasteiger partial charge in [0.25, 0.3) is 5.78 Å². The molecule has 0 radical (unpaired) electrons. The monoisotopic (exact) mass is 510 g/mol. The van der Waals surface area contributed by atoms with Gasteiger partial charge in [-0.1, -0.05) is 17.4 Å². The Bertz CT molecular complexity index is 1520. The van der Waals surface area contributed by atoms with Crippen molar-refractivity contribution in [1.82, 2.24) is 4.98 Å². The molecule has 0 spiro atoms. The lowest BCUT2D eigenvalue weighted by molar-refractivity contribution is -0.132. The number of ether oxygens (including phenoxy) is 1. The highest BCUT2D eigenvalue weighted by Crippen LogP contribution is 2.46. The summed E-state index contributed by atoms with van der Waals surface area (Å²) in [5.41, 5.74) is 1.40. The van der Waals surface area contributed by atoms with E-state index in [4.69, 9.17) is 4.74 Å². The van der Waals surface area contributed by atoms with Crippen LogP contribution in [0.1, 0.15) is 29.0 Å². The number of rotatable bonds is 3. The minimum Gasteiger partial charge on any atom is -0.507 e. The lowest BCUT2D eigenvalue weighted by Crippen LogP contribution is -2.28. The van der Waals surface area contributed by atoms with Gasteiger partial charge in [0.1, 0.15) is 23.7 Å². The van der Waals surface area contributed by atoms with Gasteiger partial charge in [-0.25, -0.2) is 13.8 Å². The van der Waals surface area contributed by atoms with Gasteiger partial charge in [0.05, 0.1) is 15.8 Å². The van der Waals surface area contributed by atoms with E-state index in [9.17, 15) is 23.5 Å². The van der Waals surface area contributed by atoms with Gasteiger partial charge >= 0.3 is 5.91 Å². The third kappa shape index (κ3) is 3.43. The minimum atomic E-state index is -1.05. The molecule has 1 fully saturated rings. The van der Waals surface area contributed by atoms with Crippen molar-refractivity contribution in [3.8, 4) is 5.75 Å². The van der Waals surface area contributed by atoms with E-state index in [1.54, 1.807) is 35.7 Å². The van der Waals surface area contributed by atoms with E-state index in [0.29, 0.717) is 21.6 Å². The number of thiazole rings is 1. The number of amides is 1. The summed E-state index contributed by atoms with van der Waals surface area (Å²) >= 11 is 2.29. The number of hydrogen-bond donors (Lipinski definition) is 1. The summed E-state index contributed by atoms with van der Waals surface area (Å²) in [5, 5.41) is 13.2. The second kappa shape index (κ2) is 7.96. The highest BCUT2D eigenvalue weighted by molar-refractivity contribution is 7.22. The van der Waals surface area contributed by atoms with Gasteiger partial charge < -0.3 is 9.84 Å². The van der Waals surface area contributed by atoms with E-state index in [2.05, 4.69) is 4.98 Å². The molecule has 1 amide bonds. The van der Waals surface area contributed by atoms with E-state index in [-0.39, 0.29) is 28.1 Å². The fourth-order valence-electron chi connectivity index (χ4n) is 4.49. The second-order valence-corrected chi connectivity index (χ2v) is 10.4. The van der Waals surface area contributed by atoms with Gasteiger partial charge in [-0.3, -0.25) is 14.5 Å². The molecule has 2 unspecified atom stereocenters. The fourth-order valence-corrected chi connectivity index (χ4v) is 6.31. The first-order chi connectivity index (χ1) is 16.8. The number of aliphatic hydroxyl groups excluding tert-OH is 1. The lowest BCUT2D eigenvalue weighted by Gasteiger charge is -2.21. The Kier molecular flexibility index (Phi) is 4.97. The number of hydrogen-bond acceptors (Lipinski definition) is 7. The number of aliphatic hydroxyl groups is 1. The molecule has 0 bridgehead atoms. The molecule has 0 aliphatic carbocycles. The molecule has 176 valence electrons. The first kappa shape index (κ1) is 21.9. The van der Waals surface area contributed by atoms with E-state index in [1.807, 2.05) is 6.92 Å². The molecule has 6 nitrogen and oxygen atoms in total. The van der Waals surface area contributed by atoms with Crippen molar-refractivity contribution in [3.63, 3.8) is 0 Å². The number of Topliss-reactive ketones (excluding diaryl/α,β-unsaturated/α-hetero) is 1. The van der Waals surface area contributed by atoms with Crippen molar-refractivity contribution >= 4 is 55.5 Å². The van der Waals surface area contributed by atoms with Gasteiger partial charge in [-0.2, -0.15) is 0 Å². The molecule has 1 saturated heterocycles. The van der Waals surface area contributed by atoms with Gasteiger partial charge in [-0.15, -0.1) is 11.3 Å². The van der Waals surface area contributed by atoms with Crippen LogP contribution < -0.4 is 9.64 Å². The molecule has 1 N–H and O–H groups in total. The summed E-state index contributed by atoms with van der Waals surface area (Å²) in [4.78, 5) is 32.6. The maximum atomic E-state index is 13.8. The summed E-state index contributed by atoms with van der Waals surface area (Å²) in [6.45, 7) is 1.94. The fraction of sp³-hybridized carbons (Fsp3) is 0.160. The molecular formula is C25H16F2N2O4S2. The van der Waals surface area contributed by atoms with Crippen LogP contribution in [-0.4, -0.2) is 27.9 Å². The summed E-state index contributed by atoms with van der Waals surface area (Å²) in [6.07, 6.45) is 0.672. The van der Waals surface area contributed by atoms with Crippen LogP contribution in [0.4, 0.5) is 13.9 Å². The van der Waals surface area contributed by atoms with Crippen molar-refractivity contribution in [2.45, 2.75) is 25.5 Å². The molecule has 2 aromatic heterocycles. The number of nitrogens with zero attached hydrogens (tertiary/aromatic N) is 2. The second-order valence-electron chi connectivity index (χ2n) is 8.37. The Labute approximate surface area is 205 Å². The first-order valence-electron chi connectivity index (χ1n) is 10.7. The average molecular weight is 511 g/mol. The summed E-state index contributed by atoms with van der Waals surface area (Å²) in [5.74, 6) is -3.39. The molecule has 6 rings (SSSR count). The van der Waals surface area contributed by atoms with Crippen molar-refractivity contribution < 1.29 is 28.2 Å². The quantitative estimate of drug-likeness (QED) is 0.221. The van der Waals surface area contributed by atoms with Crippen LogP contribution in [0, 0.1) is 11.6 Å². The minimum absolute atomic E-state index is 0.00723. The number of carbonyl (C=O) groups is 2. The Morgan fingerprint density at radius 2 is 1.97 bits per heavy atom. The van der Waals surface area contributed by atoms with E-state index >= 15 is 0 Å². The smallest absolute Gasteiger partial charge is 0.301 e. The van der Waals surface area contributed by atoms with Gasteiger partial charge in [0.15, 0.2) is 16.8 Å². The SMILES string of the molecule is CC1Cc2cc(/C(O)=C3\C(=O)C(=O)N(c4nc5cc(F)c(F)cc5s4)C3c3cccs3)ccc2O1. The van der Waals surface area contributed by atoms with Crippen LogP contribution in [0.25, 0.3) is 16.0 Å². The number of fused-ring (bicyclic) bond motifs is 2. The Balaban J connectivity index is 1.51. The standard InChI is InChI=1S/C25H16F2N2O4S2/c1-11-7-13-8-12(4-5-17(13)33-11)22(30)20-21(18-3-2-6-34-18)29(24(32)23(20)31)25-28-16-9-14(26)15(27)10-19(16)35-25/h2-6,8-11,21,30H,7H2,1H3/b22-20+. The number of benzene rings is 2. The zero-order valence-electron chi connectivity index (χ0n) is 18.1. The molecule has 10 heteroatoms. The highest BCUT2D eigenvalue weighted by atomic mass is 32.1. The van der Waals surface area contributed by atoms with Crippen LogP contribution in [-0.2, 0) is 16.0 Å². The first-order valence-corrected chi connectivity index (χ1v) is 12.4. The maximum Gasteiger partial charge on any atom is 0.301 e. The topological polar surface area (TPSA) is 79.7 Å². The predicted octanol–water partition coefficient (Wildman–Crippen LogP) is 5.59. The Hall–Kier alpha value is -3.63. The third-order valence-electron chi connectivity index (χ3n) is 6.05. The zero-order chi connectivity index (χ0) is 24.4. The Morgan fingerprint density at radius 3 is 2.74 bits per heavy atom. The normalized spacial score (nSPS) is 21.1. The van der Waals surface area contributed by atoms with Crippen molar-refractivity contribution in [1.29, 1.82) is 0 Å². The molecule has 2 aromatic carbocycles. The Morgan fingerprint density at radius 1 is 1.17 bits per heavy atom. The number of ketones is 1. The molecule has 4 heterocycles. The van der Waals surface area contributed by atoms with Crippen LogP contribution >= 0.6 is 22.7 Å². The highest BCUT2D eigenvalue weighted by Gasteiger charge is 2.48. The number of halogens is 2. The molecule has 35 heavy (non-hydrogen) atoms. The van der Waals surface area contributed by atoms with Gasteiger partial charge in [0.2, 0.25) is 0 Å². The maximum absolute atomic E-state index is 13.8. The van der Waals surface area contributed by atoms with Gasteiger partial charge in [-0.05, 0) is 48.2 Å². The molecule has 0 saturated carbocycles. The predicted molar refractivity (Wildman–Crippen MR) is 129 cm³/mol. The number of thiophene rings is 1. The summed E-state index contributed by atoms with van der Waals surface area (Å²) in [6, 6.07) is 9.70. The van der Waals surface area contributed by atoms with Gasteiger partial charge in [0, 0.05) is 22.9 Å². The average Bonchev–Trinajstić information content (AvgIpc) is 3.59. The zero-order valence-corrected chi connectivity index (χ0v) is 19.8. The third-order valence-corrected chi connectivity index (χ3v) is 7.99. The van der Waals surface area contributed by atoms with Crippen LogP contribution in [0.5, 0.6) is 5.75 Å². The van der Waals surface area contributed by atoms with Crippen LogP contribution in [0.2, 0.25) is 0 Å². The van der Waals surface area contributed by atoms with Crippen molar-refractivity contribution in [3.05, 3.63) is 81.1 Å². The number of carbonyl (C=O) groups excluding carboxylic acids is 2. The molecule has 4 aromatic rings. The molecule has 2 atom stereocenters. The largest absolute Gasteiger partial charge is 0.507 e. The summed E-state index contributed by atoms with van der Waals surface area (Å²) in [7, 11) is 0. The van der Waals surface area contributed by atoms with Crippen LogP contribution in [0.15, 0.2) is 53.4 Å². The van der Waals surface area contributed by atoms with E-state index in [1.165, 1.54) is 16.2 Å². The number of aromatic nitrogens is 1. The van der Waals surface area contributed by atoms with E-state index in [0.717, 1.165) is 34.8 Å². The van der Waals surface area contributed by atoms with Crippen molar-refractivity contribution in [2.75, 3.05) is 4.90 Å². The molecular weight excluding hydrogens is 494 g/mol. The molecule has 2 aliphatic rings.